The first-order valence-corrected chi connectivity index (χ1v) is 8.11. The van der Waals surface area contributed by atoms with Gasteiger partial charge in [-0.3, -0.25) is 0 Å². The van der Waals surface area contributed by atoms with E-state index >= 15 is 0 Å². The Bertz CT molecular complexity index is 855. The molecule has 0 bridgehead atoms. The van der Waals surface area contributed by atoms with Gasteiger partial charge in [0, 0.05) is 29.2 Å². The maximum absolute atomic E-state index is 11.4. The largest absolute Gasteiger partial charge is 0.463 e. The van der Waals surface area contributed by atoms with E-state index < -0.39 is 5.54 Å². The molecule has 1 saturated carbocycles. The molecule has 0 radical (unpaired) electrons. The van der Waals surface area contributed by atoms with E-state index in [0.29, 0.717) is 6.61 Å². The molecule has 1 aliphatic carbocycles. The van der Waals surface area contributed by atoms with Gasteiger partial charge in [0.15, 0.2) is 0 Å². The van der Waals surface area contributed by atoms with E-state index in [-0.39, 0.29) is 5.97 Å². The highest BCUT2D eigenvalue weighted by atomic mass is 16.5. The van der Waals surface area contributed by atoms with Crippen molar-refractivity contribution in [2.75, 3.05) is 6.61 Å². The van der Waals surface area contributed by atoms with Crippen LogP contribution in [0.4, 0.5) is 0 Å². The van der Waals surface area contributed by atoms with Crippen molar-refractivity contribution in [3.8, 4) is 0 Å². The third kappa shape index (κ3) is 2.76. The zero-order valence-electron chi connectivity index (χ0n) is 13.9. The summed E-state index contributed by atoms with van der Waals surface area (Å²) in [6.45, 7) is 2.15. The van der Waals surface area contributed by atoms with Crippen LogP contribution in [-0.4, -0.2) is 17.1 Å². The summed E-state index contributed by atoms with van der Waals surface area (Å²) in [5.41, 5.74) is 11.5. The molecular weight excluding hydrogens is 304 g/mol. The fourth-order valence-electron chi connectivity index (χ4n) is 3.26. The van der Waals surface area contributed by atoms with Crippen molar-refractivity contribution in [1.29, 1.82) is 0 Å². The molecule has 6 nitrogen and oxygen atoms in total. The van der Waals surface area contributed by atoms with Crippen LogP contribution in [0.25, 0.3) is 27.4 Å². The van der Waals surface area contributed by atoms with Gasteiger partial charge in [-0.25, -0.2) is 4.79 Å². The average Bonchev–Trinajstić information content (AvgIpc) is 2.86. The molecule has 1 heterocycles. The van der Waals surface area contributed by atoms with E-state index in [1.165, 1.54) is 6.08 Å². The molecule has 0 atom stereocenters. The maximum Gasteiger partial charge on any atom is 0.330 e. The minimum atomic E-state index is -0.413. The van der Waals surface area contributed by atoms with Crippen LogP contribution in [-0.2, 0) is 22.1 Å². The number of hydrogen-bond donors (Lipinski definition) is 0. The second-order valence-electron chi connectivity index (χ2n) is 6.07. The fraction of sp³-hybridized carbons (Fsp3) is 0.389. The third-order valence-electron chi connectivity index (χ3n) is 4.66. The van der Waals surface area contributed by atoms with Crippen molar-refractivity contribution in [1.82, 2.24) is 4.57 Å². The van der Waals surface area contributed by atoms with Crippen LogP contribution in [0.15, 0.2) is 35.5 Å². The Morgan fingerprint density at radius 3 is 2.88 bits per heavy atom. The monoisotopic (exact) mass is 324 g/mol. The molecule has 3 rings (SSSR count). The Kier molecular flexibility index (Phi) is 4.32. The standard InChI is InChI=1S/C18H20N4O2/c1-3-24-17(23)8-6-13-5-7-14-12-16(22(2)15(14)11-13)18(20-21-19)9-4-10-18/h5-8,11-12H,3-4,9-10H2,1-2H3/b8-6-. The lowest BCUT2D eigenvalue weighted by Crippen LogP contribution is -2.33. The third-order valence-corrected chi connectivity index (χ3v) is 4.66. The van der Waals surface area contributed by atoms with E-state index in [9.17, 15) is 4.79 Å². The normalized spacial score (nSPS) is 15.9. The molecule has 1 aliphatic rings. The fourth-order valence-corrected chi connectivity index (χ4v) is 3.26. The van der Waals surface area contributed by atoms with E-state index in [4.69, 9.17) is 10.3 Å². The van der Waals surface area contributed by atoms with E-state index in [0.717, 1.165) is 41.4 Å². The van der Waals surface area contributed by atoms with E-state index in [2.05, 4.69) is 20.7 Å². The van der Waals surface area contributed by atoms with Crippen molar-refractivity contribution < 1.29 is 9.53 Å². The number of aryl methyl sites for hydroxylation is 1. The molecule has 0 spiro atoms. The Morgan fingerprint density at radius 1 is 1.46 bits per heavy atom. The average molecular weight is 324 g/mol. The van der Waals surface area contributed by atoms with E-state index in [1.54, 1.807) is 13.0 Å². The molecule has 0 amide bonds. The molecule has 6 heteroatoms. The molecule has 0 N–H and O–H groups in total. The van der Waals surface area contributed by atoms with Crippen LogP contribution in [0.5, 0.6) is 0 Å². The summed E-state index contributed by atoms with van der Waals surface area (Å²) in [5.74, 6) is -0.345. The minimum absolute atomic E-state index is 0.345. The van der Waals surface area contributed by atoms with Gasteiger partial charge >= 0.3 is 5.97 Å². The van der Waals surface area contributed by atoms with Crippen molar-refractivity contribution in [3.63, 3.8) is 0 Å². The first kappa shape index (κ1) is 16.1. The number of ether oxygens (including phenoxy) is 1. The van der Waals surface area contributed by atoms with Gasteiger partial charge in [0.2, 0.25) is 0 Å². The number of azide groups is 1. The number of carbonyl (C=O) groups is 1. The molecule has 24 heavy (non-hydrogen) atoms. The molecular formula is C18H20N4O2. The lowest BCUT2D eigenvalue weighted by molar-refractivity contribution is -0.137. The van der Waals surface area contributed by atoms with Gasteiger partial charge < -0.3 is 9.30 Å². The van der Waals surface area contributed by atoms with Crippen molar-refractivity contribution in [2.24, 2.45) is 12.2 Å². The van der Waals surface area contributed by atoms with Crippen LogP contribution in [0.1, 0.15) is 37.4 Å². The van der Waals surface area contributed by atoms with Gasteiger partial charge in [0.05, 0.1) is 12.1 Å². The number of fused-ring (bicyclic) bond motifs is 1. The van der Waals surface area contributed by atoms with Crippen LogP contribution < -0.4 is 0 Å². The number of esters is 1. The Labute approximate surface area is 140 Å². The summed E-state index contributed by atoms with van der Waals surface area (Å²) in [4.78, 5) is 14.5. The number of rotatable bonds is 5. The van der Waals surface area contributed by atoms with Gasteiger partial charge in [-0.05, 0) is 54.5 Å². The van der Waals surface area contributed by atoms with Gasteiger partial charge in [-0.2, -0.15) is 0 Å². The molecule has 0 saturated heterocycles. The highest BCUT2D eigenvalue weighted by molar-refractivity contribution is 5.89. The quantitative estimate of drug-likeness (QED) is 0.268. The summed E-state index contributed by atoms with van der Waals surface area (Å²) >= 11 is 0. The topological polar surface area (TPSA) is 80.0 Å². The van der Waals surface area contributed by atoms with Gasteiger partial charge in [-0.15, -0.1) is 0 Å². The molecule has 124 valence electrons. The Hall–Kier alpha value is -2.72. The van der Waals surface area contributed by atoms with Crippen molar-refractivity contribution in [2.45, 2.75) is 31.7 Å². The number of nitrogens with zero attached hydrogens (tertiary/aromatic N) is 4. The number of hydrogen-bond acceptors (Lipinski definition) is 3. The molecule has 0 aliphatic heterocycles. The predicted octanol–water partition coefficient (Wildman–Crippen LogP) is 4.44. The first-order chi connectivity index (χ1) is 11.6. The van der Waals surface area contributed by atoms with Gasteiger partial charge in [0.25, 0.3) is 0 Å². The smallest absolute Gasteiger partial charge is 0.330 e. The number of benzene rings is 1. The zero-order valence-corrected chi connectivity index (χ0v) is 13.9. The molecule has 1 aromatic heterocycles. The second-order valence-corrected chi connectivity index (χ2v) is 6.07. The Balaban J connectivity index is 1.98. The molecule has 2 aromatic rings. The molecule has 1 aromatic carbocycles. The zero-order chi connectivity index (χ0) is 17.2. The lowest BCUT2D eigenvalue weighted by atomic mass is 9.75. The van der Waals surface area contributed by atoms with Crippen molar-refractivity contribution in [3.05, 3.63) is 52.0 Å². The Morgan fingerprint density at radius 2 is 2.25 bits per heavy atom. The maximum atomic E-state index is 11.4. The molecule has 1 fully saturated rings. The minimum Gasteiger partial charge on any atom is -0.463 e. The lowest BCUT2D eigenvalue weighted by Gasteiger charge is -2.37. The number of carbonyl (C=O) groups excluding carboxylic acids is 1. The van der Waals surface area contributed by atoms with Gasteiger partial charge in [0.1, 0.15) is 0 Å². The van der Waals surface area contributed by atoms with Gasteiger partial charge in [-0.1, -0.05) is 23.7 Å². The highest BCUT2D eigenvalue weighted by Gasteiger charge is 2.40. The summed E-state index contributed by atoms with van der Waals surface area (Å²) in [5, 5.41) is 5.17. The van der Waals surface area contributed by atoms with Crippen LogP contribution in [0.3, 0.4) is 0 Å². The summed E-state index contributed by atoms with van der Waals surface area (Å²) < 4.78 is 6.98. The summed E-state index contributed by atoms with van der Waals surface area (Å²) in [6.07, 6.45) is 6.03. The van der Waals surface area contributed by atoms with Crippen LogP contribution in [0, 0.1) is 0 Å². The summed E-state index contributed by atoms with van der Waals surface area (Å²) in [6, 6.07) is 8.11. The van der Waals surface area contributed by atoms with Crippen LogP contribution >= 0.6 is 0 Å². The number of aromatic nitrogens is 1. The SMILES string of the molecule is CCOC(=O)/C=C\c1ccc2cc(C3(N=[N+]=[N-])CCC3)n(C)c2c1. The highest BCUT2D eigenvalue weighted by Crippen LogP contribution is 2.46. The second kappa shape index (κ2) is 6.42. The van der Waals surface area contributed by atoms with Crippen LogP contribution in [0.2, 0.25) is 0 Å². The summed E-state index contributed by atoms with van der Waals surface area (Å²) in [7, 11) is 1.99. The molecule has 0 unspecified atom stereocenters. The first-order valence-electron chi connectivity index (χ1n) is 8.11. The van der Waals surface area contributed by atoms with E-state index in [1.807, 2.05) is 25.2 Å². The predicted molar refractivity (Wildman–Crippen MR) is 93.3 cm³/mol. The van der Waals surface area contributed by atoms with Crippen molar-refractivity contribution >= 4 is 22.9 Å².